The Morgan fingerprint density at radius 2 is 1.11 bits per heavy atom. The summed E-state index contributed by atoms with van der Waals surface area (Å²) >= 11 is 0. The highest BCUT2D eigenvalue weighted by Crippen LogP contribution is 2.61. The van der Waals surface area contributed by atoms with Gasteiger partial charge in [-0.3, -0.25) is 4.79 Å². The summed E-state index contributed by atoms with van der Waals surface area (Å²) in [5.41, 5.74) is 4.17. The van der Waals surface area contributed by atoms with E-state index in [4.69, 9.17) is 0 Å². The molecule has 0 saturated carbocycles. The third-order valence-electron chi connectivity index (χ3n) is 6.75. The lowest BCUT2D eigenvalue weighted by molar-refractivity contribution is -0.115. The van der Waals surface area contributed by atoms with Crippen LogP contribution in [0.25, 0.3) is 0 Å². The number of carbonyl (C=O) groups excluding carboxylic acids is 1. The van der Waals surface area contributed by atoms with Gasteiger partial charge in [0.25, 0.3) is 5.91 Å². The lowest BCUT2D eigenvalue weighted by atomic mass is 10.0. The molecule has 0 radical (unpaired) electrons. The fourth-order valence-corrected chi connectivity index (χ4v) is 10.3. The van der Waals surface area contributed by atoms with Gasteiger partial charge in [0, 0.05) is 5.69 Å². The second-order valence-electron chi connectivity index (χ2n) is 9.30. The minimum atomic E-state index is -2.32. The zero-order valence-corrected chi connectivity index (χ0v) is 22.1. The fraction of sp³-hybridized carbons (Fsp3) is 0.219. The molecule has 0 heterocycles. The molecule has 1 atom stereocenters. The van der Waals surface area contributed by atoms with Crippen LogP contribution in [-0.4, -0.2) is 11.6 Å². The Balaban J connectivity index is 1.97. The van der Waals surface area contributed by atoms with Crippen molar-refractivity contribution in [2.24, 2.45) is 0 Å². The maximum absolute atomic E-state index is 14.4. The Morgan fingerprint density at radius 1 is 0.714 bits per heavy atom. The average molecular weight is 481 g/mol. The number of hydrogen-bond donors (Lipinski definition) is 1. The molecule has 2 nitrogen and oxygen atoms in total. The van der Waals surface area contributed by atoms with Gasteiger partial charge in [-0.2, -0.15) is 0 Å². The molecule has 4 rings (SSSR count). The van der Waals surface area contributed by atoms with Crippen LogP contribution in [-0.2, 0) is 4.79 Å². The number of rotatable bonds is 8. The van der Waals surface area contributed by atoms with E-state index in [1.54, 1.807) is 0 Å². The zero-order valence-electron chi connectivity index (χ0n) is 21.2. The van der Waals surface area contributed by atoms with Gasteiger partial charge in [0.2, 0.25) is 0 Å². The Hall–Kier alpha value is -3.22. The normalized spacial score (nSPS) is 12.2. The second kappa shape index (κ2) is 11.0. The van der Waals surface area contributed by atoms with E-state index >= 15 is 0 Å². The third-order valence-corrected chi connectivity index (χ3v) is 11.5. The SMILES string of the molecule is CCCC(C(=O)Nc1c(C)cc(C)cc1C)[P+](c1ccccc1)(c1ccccc1)c1ccccc1. The molecule has 35 heavy (non-hydrogen) atoms. The molecule has 4 aromatic rings. The van der Waals surface area contributed by atoms with Crippen molar-refractivity contribution in [2.75, 3.05) is 5.32 Å². The number of nitrogens with one attached hydrogen (secondary N) is 1. The molecular formula is C32H35NOP+. The van der Waals surface area contributed by atoms with Crippen molar-refractivity contribution in [1.82, 2.24) is 0 Å². The monoisotopic (exact) mass is 480 g/mol. The molecule has 0 bridgehead atoms. The largest absolute Gasteiger partial charge is 0.322 e. The van der Waals surface area contributed by atoms with E-state index < -0.39 is 7.26 Å². The fourth-order valence-electron chi connectivity index (χ4n) is 5.33. The van der Waals surface area contributed by atoms with Gasteiger partial charge in [0.05, 0.1) is 0 Å². The number of amides is 1. The van der Waals surface area contributed by atoms with E-state index in [0.29, 0.717) is 0 Å². The molecule has 4 aromatic carbocycles. The maximum atomic E-state index is 14.4. The topological polar surface area (TPSA) is 29.1 Å². The molecule has 3 heteroatoms. The van der Waals surface area contributed by atoms with Gasteiger partial charge in [-0.15, -0.1) is 0 Å². The van der Waals surface area contributed by atoms with Gasteiger partial charge in [0.1, 0.15) is 23.2 Å². The van der Waals surface area contributed by atoms with Gasteiger partial charge < -0.3 is 5.32 Å². The van der Waals surface area contributed by atoms with Gasteiger partial charge in [-0.05, 0) is 74.7 Å². The lowest BCUT2D eigenvalue weighted by Crippen LogP contribution is -2.44. The van der Waals surface area contributed by atoms with E-state index in [9.17, 15) is 4.79 Å². The van der Waals surface area contributed by atoms with Crippen molar-refractivity contribution in [1.29, 1.82) is 0 Å². The standard InChI is InChI=1S/C32H34NOP/c1-5-15-30(32(34)33-31-25(3)22-24(2)23-26(31)4)35(27-16-9-6-10-17-27,28-18-11-7-12-19-28)29-20-13-8-14-21-29/h6-14,16-23,30H,5,15H2,1-4H3/p+1. The number of hydrogen-bond acceptors (Lipinski definition) is 1. The van der Waals surface area contributed by atoms with Crippen LogP contribution in [0.5, 0.6) is 0 Å². The quantitative estimate of drug-likeness (QED) is 0.279. The van der Waals surface area contributed by atoms with Crippen molar-refractivity contribution in [2.45, 2.75) is 46.2 Å². The summed E-state index contributed by atoms with van der Waals surface area (Å²) in [5.74, 6) is 0.104. The summed E-state index contributed by atoms with van der Waals surface area (Å²) in [6.07, 6.45) is 1.74. The van der Waals surface area contributed by atoms with Crippen LogP contribution in [0.4, 0.5) is 5.69 Å². The van der Waals surface area contributed by atoms with Gasteiger partial charge in [-0.1, -0.05) is 85.6 Å². The first kappa shape index (κ1) is 24.9. The highest BCUT2D eigenvalue weighted by Gasteiger charge is 2.55. The minimum Gasteiger partial charge on any atom is -0.322 e. The van der Waals surface area contributed by atoms with E-state index in [-0.39, 0.29) is 11.6 Å². The molecule has 0 aliphatic rings. The highest BCUT2D eigenvalue weighted by atomic mass is 31.2. The minimum absolute atomic E-state index is 0.104. The molecule has 0 aliphatic carbocycles. The molecular weight excluding hydrogens is 445 g/mol. The molecule has 1 unspecified atom stereocenters. The van der Waals surface area contributed by atoms with Gasteiger partial charge >= 0.3 is 0 Å². The predicted molar refractivity (Wildman–Crippen MR) is 153 cm³/mol. The Bertz CT molecular complexity index is 1150. The Kier molecular flexibility index (Phi) is 7.83. The highest BCUT2D eigenvalue weighted by molar-refractivity contribution is 7.96. The van der Waals surface area contributed by atoms with Crippen LogP contribution in [0.2, 0.25) is 0 Å². The Morgan fingerprint density at radius 3 is 1.49 bits per heavy atom. The summed E-state index contributed by atoms with van der Waals surface area (Å²) in [7, 11) is -2.32. The van der Waals surface area contributed by atoms with E-state index in [1.807, 2.05) is 0 Å². The van der Waals surface area contributed by atoms with Gasteiger partial charge in [-0.25, -0.2) is 0 Å². The molecule has 1 N–H and O–H groups in total. The first-order valence-corrected chi connectivity index (χ1v) is 14.3. The number of benzene rings is 4. The molecule has 0 fully saturated rings. The van der Waals surface area contributed by atoms with Crippen LogP contribution in [0.15, 0.2) is 103 Å². The summed E-state index contributed by atoms with van der Waals surface area (Å²) in [6.45, 7) is 8.44. The zero-order chi connectivity index (χ0) is 24.8. The summed E-state index contributed by atoms with van der Waals surface area (Å²) < 4.78 is 0. The summed E-state index contributed by atoms with van der Waals surface area (Å²) in [6, 6.07) is 36.4. The van der Waals surface area contributed by atoms with E-state index in [1.165, 1.54) is 21.5 Å². The number of aryl methyl sites for hydroxylation is 3. The second-order valence-corrected chi connectivity index (χ2v) is 12.9. The predicted octanol–water partition coefficient (Wildman–Crippen LogP) is 6.71. The third kappa shape index (κ3) is 4.95. The van der Waals surface area contributed by atoms with Crippen LogP contribution in [0.3, 0.4) is 0 Å². The molecule has 178 valence electrons. The molecule has 1 amide bonds. The van der Waals surface area contributed by atoms with Crippen LogP contribution < -0.4 is 21.2 Å². The molecule has 0 spiro atoms. The molecule has 0 aliphatic heterocycles. The summed E-state index contributed by atoms with van der Waals surface area (Å²) in [5, 5.41) is 7.11. The first-order valence-electron chi connectivity index (χ1n) is 12.4. The van der Waals surface area contributed by atoms with Crippen molar-refractivity contribution in [3.8, 4) is 0 Å². The van der Waals surface area contributed by atoms with Crippen molar-refractivity contribution in [3.63, 3.8) is 0 Å². The van der Waals surface area contributed by atoms with Crippen LogP contribution >= 0.6 is 7.26 Å². The van der Waals surface area contributed by atoms with Crippen molar-refractivity contribution >= 4 is 34.8 Å². The van der Waals surface area contributed by atoms with Gasteiger partial charge in [0.15, 0.2) is 5.66 Å². The van der Waals surface area contributed by atoms with E-state index in [2.05, 4.69) is 136 Å². The van der Waals surface area contributed by atoms with Crippen LogP contribution in [0.1, 0.15) is 36.5 Å². The number of anilines is 1. The number of carbonyl (C=O) groups is 1. The van der Waals surface area contributed by atoms with E-state index in [0.717, 1.165) is 29.7 Å². The van der Waals surface area contributed by atoms with Crippen molar-refractivity contribution in [3.05, 3.63) is 120 Å². The van der Waals surface area contributed by atoms with Crippen LogP contribution in [0, 0.1) is 20.8 Å². The lowest BCUT2D eigenvalue weighted by Gasteiger charge is -2.34. The summed E-state index contributed by atoms with van der Waals surface area (Å²) in [4.78, 5) is 14.4. The average Bonchev–Trinajstić information content (AvgIpc) is 2.88. The Labute approximate surface area is 210 Å². The molecule has 0 saturated heterocycles. The molecule has 0 aromatic heterocycles. The smallest absolute Gasteiger partial charge is 0.266 e. The maximum Gasteiger partial charge on any atom is 0.266 e. The first-order chi connectivity index (χ1) is 17.0. The van der Waals surface area contributed by atoms with Crippen molar-refractivity contribution < 1.29 is 4.79 Å².